The Hall–Kier alpha value is -4.77. The SMILES string of the molecule is COc1ccc(C(=O)C2CCN(C(=O)c3ccc(C(=O)Cc4ccc(S(=O)(=O)c5ccc(F)cc5)nc4)cn3)CC2)cc1. The summed E-state index contributed by atoms with van der Waals surface area (Å²) in [6.07, 6.45) is 3.70. The number of piperidine rings is 1. The molecule has 43 heavy (non-hydrogen) atoms. The largest absolute Gasteiger partial charge is 0.497 e. The van der Waals surface area contributed by atoms with Gasteiger partial charge in [-0.3, -0.25) is 19.4 Å². The average Bonchev–Trinajstić information content (AvgIpc) is 3.04. The number of hydrogen-bond acceptors (Lipinski definition) is 8. The standard InChI is InChI=1S/C32H28FN3O6S/c1-42-26-8-3-22(4-9-26)31(38)23-14-16-36(17-15-23)32(39)28-12-5-24(20-34-28)29(37)18-21-2-13-30(35-19-21)43(40,41)27-10-6-25(33)7-11-27/h2-13,19-20,23H,14-18H2,1H3. The highest BCUT2D eigenvalue weighted by atomic mass is 32.2. The van der Waals surface area contributed by atoms with Gasteiger partial charge in [-0.15, -0.1) is 0 Å². The van der Waals surface area contributed by atoms with Crippen molar-refractivity contribution < 1.29 is 31.9 Å². The summed E-state index contributed by atoms with van der Waals surface area (Å²) in [7, 11) is -2.36. The van der Waals surface area contributed by atoms with Gasteiger partial charge in [-0.1, -0.05) is 6.07 Å². The van der Waals surface area contributed by atoms with Crippen LogP contribution in [0.2, 0.25) is 0 Å². The van der Waals surface area contributed by atoms with E-state index in [0.717, 1.165) is 24.3 Å². The van der Waals surface area contributed by atoms with Gasteiger partial charge in [0, 0.05) is 48.9 Å². The van der Waals surface area contributed by atoms with Gasteiger partial charge in [0.05, 0.1) is 12.0 Å². The zero-order valence-electron chi connectivity index (χ0n) is 23.3. The van der Waals surface area contributed by atoms with E-state index >= 15 is 0 Å². The number of rotatable bonds is 9. The molecule has 0 aliphatic carbocycles. The minimum absolute atomic E-state index is 0.0470. The third-order valence-electron chi connectivity index (χ3n) is 7.39. The van der Waals surface area contributed by atoms with E-state index < -0.39 is 15.7 Å². The van der Waals surface area contributed by atoms with Gasteiger partial charge >= 0.3 is 0 Å². The summed E-state index contributed by atoms with van der Waals surface area (Å²) in [5.41, 5.74) is 1.61. The number of carbonyl (C=O) groups excluding carboxylic acids is 3. The molecule has 0 unspecified atom stereocenters. The molecule has 0 radical (unpaired) electrons. The van der Waals surface area contributed by atoms with Crippen molar-refractivity contribution in [1.29, 1.82) is 0 Å². The Labute approximate surface area is 248 Å². The summed E-state index contributed by atoms with van der Waals surface area (Å²) >= 11 is 0. The van der Waals surface area contributed by atoms with Crippen molar-refractivity contribution in [3.63, 3.8) is 0 Å². The second kappa shape index (κ2) is 12.6. The van der Waals surface area contributed by atoms with Crippen molar-refractivity contribution in [3.8, 4) is 5.75 Å². The monoisotopic (exact) mass is 601 g/mol. The van der Waals surface area contributed by atoms with E-state index in [9.17, 15) is 27.2 Å². The highest BCUT2D eigenvalue weighted by Crippen LogP contribution is 2.24. The second-order valence-corrected chi connectivity index (χ2v) is 12.0. The molecule has 5 rings (SSSR count). The first kappa shape index (κ1) is 29.7. The van der Waals surface area contributed by atoms with Crippen LogP contribution in [-0.4, -0.2) is 61.0 Å². The van der Waals surface area contributed by atoms with Crippen LogP contribution in [0.1, 0.15) is 49.6 Å². The smallest absolute Gasteiger partial charge is 0.272 e. The van der Waals surface area contributed by atoms with Crippen LogP contribution in [0.25, 0.3) is 0 Å². The van der Waals surface area contributed by atoms with E-state index in [-0.39, 0.29) is 45.4 Å². The van der Waals surface area contributed by atoms with Crippen molar-refractivity contribution in [1.82, 2.24) is 14.9 Å². The van der Waals surface area contributed by atoms with E-state index in [4.69, 9.17) is 4.74 Å². The molecule has 0 atom stereocenters. The molecule has 1 amide bonds. The van der Waals surface area contributed by atoms with Crippen LogP contribution < -0.4 is 4.74 Å². The maximum absolute atomic E-state index is 13.2. The topological polar surface area (TPSA) is 124 Å². The van der Waals surface area contributed by atoms with Crippen LogP contribution in [-0.2, 0) is 16.3 Å². The molecular weight excluding hydrogens is 573 g/mol. The Morgan fingerprint density at radius 2 is 1.53 bits per heavy atom. The molecular formula is C32H28FN3O6S. The number of hydrogen-bond donors (Lipinski definition) is 0. The Morgan fingerprint density at radius 1 is 0.860 bits per heavy atom. The van der Waals surface area contributed by atoms with E-state index in [1.165, 1.54) is 36.7 Å². The number of aromatic nitrogens is 2. The first-order chi connectivity index (χ1) is 20.7. The lowest BCUT2D eigenvalue weighted by atomic mass is 9.88. The Balaban J connectivity index is 1.15. The number of ether oxygens (including phenoxy) is 1. The third-order valence-corrected chi connectivity index (χ3v) is 9.08. The molecule has 4 aromatic rings. The van der Waals surface area contributed by atoms with Crippen LogP contribution in [0.4, 0.5) is 4.39 Å². The van der Waals surface area contributed by atoms with Gasteiger partial charge < -0.3 is 9.64 Å². The molecule has 9 nitrogen and oxygen atoms in total. The zero-order chi connectivity index (χ0) is 30.6. The zero-order valence-corrected chi connectivity index (χ0v) is 24.1. The number of amides is 1. The molecule has 1 aliphatic heterocycles. The first-order valence-electron chi connectivity index (χ1n) is 13.6. The fourth-order valence-electron chi connectivity index (χ4n) is 4.88. The average molecular weight is 602 g/mol. The third kappa shape index (κ3) is 6.67. The summed E-state index contributed by atoms with van der Waals surface area (Å²) in [5.74, 6) is -0.531. The van der Waals surface area contributed by atoms with Crippen molar-refractivity contribution in [2.24, 2.45) is 5.92 Å². The number of likely N-dealkylation sites (tertiary alicyclic amines) is 1. The summed E-state index contributed by atoms with van der Waals surface area (Å²) < 4.78 is 43.7. The number of pyridine rings is 2. The highest BCUT2D eigenvalue weighted by Gasteiger charge is 2.29. The predicted octanol–water partition coefficient (Wildman–Crippen LogP) is 4.62. The quantitative estimate of drug-likeness (QED) is 0.201. The van der Waals surface area contributed by atoms with Gasteiger partial charge in [0.25, 0.3) is 5.91 Å². The van der Waals surface area contributed by atoms with Gasteiger partial charge in [-0.25, -0.2) is 17.8 Å². The number of halogens is 1. The molecule has 2 aromatic heterocycles. The van der Waals surface area contributed by atoms with E-state index in [1.807, 2.05) is 0 Å². The number of sulfone groups is 1. The molecule has 0 spiro atoms. The van der Waals surface area contributed by atoms with Crippen LogP contribution >= 0.6 is 0 Å². The number of ketones is 2. The summed E-state index contributed by atoms with van der Waals surface area (Å²) in [5, 5.41) is -0.214. The van der Waals surface area contributed by atoms with Gasteiger partial charge in [-0.2, -0.15) is 0 Å². The second-order valence-electron chi connectivity index (χ2n) is 10.2. The van der Waals surface area contributed by atoms with Crippen LogP contribution in [0, 0.1) is 11.7 Å². The molecule has 3 heterocycles. The maximum atomic E-state index is 13.2. The normalized spacial score (nSPS) is 13.9. The Bertz CT molecular complexity index is 1730. The van der Waals surface area contributed by atoms with E-state index in [2.05, 4.69) is 9.97 Å². The molecule has 1 fully saturated rings. The fraction of sp³-hybridized carbons (Fsp3) is 0.219. The van der Waals surface area contributed by atoms with Crippen molar-refractivity contribution in [2.75, 3.05) is 20.2 Å². The number of methoxy groups -OCH3 is 1. The van der Waals surface area contributed by atoms with Crippen molar-refractivity contribution in [3.05, 3.63) is 113 Å². The maximum Gasteiger partial charge on any atom is 0.272 e. The first-order valence-corrected chi connectivity index (χ1v) is 15.1. The summed E-state index contributed by atoms with van der Waals surface area (Å²) in [6.45, 7) is 0.848. The lowest BCUT2D eigenvalue weighted by Crippen LogP contribution is -2.40. The van der Waals surface area contributed by atoms with Crippen molar-refractivity contribution in [2.45, 2.75) is 29.2 Å². The molecule has 220 valence electrons. The highest BCUT2D eigenvalue weighted by molar-refractivity contribution is 7.91. The predicted molar refractivity (Wildman–Crippen MR) is 154 cm³/mol. The number of carbonyl (C=O) groups is 3. The summed E-state index contributed by atoms with van der Waals surface area (Å²) in [6, 6.07) is 17.3. The minimum Gasteiger partial charge on any atom is -0.497 e. The van der Waals surface area contributed by atoms with Crippen LogP contribution in [0.3, 0.4) is 0 Å². The molecule has 1 saturated heterocycles. The lowest BCUT2D eigenvalue weighted by Gasteiger charge is -2.31. The molecule has 11 heteroatoms. The van der Waals surface area contributed by atoms with Gasteiger partial charge in [0.15, 0.2) is 16.6 Å². The molecule has 0 N–H and O–H groups in total. The van der Waals surface area contributed by atoms with Gasteiger partial charge in [0.1, 0.15) is 17.3 Å². The molecule has 0 bridgehead atoms. The Kier molecular flexibility index (Phi) is 8.72. The summed E-state index contributed by atoms with van der Waals surface area (Å²) in [4.78, 5) is 48.5. The van der Waals surface area contributed by atoms with Gasteiger partial charge in [0.2, 0.25) is 9.84 Å². The number of Topliss-reactive ketones (excluding diaryl/α,β-unsaturated/α-hetero) is 2. The number of benzene rings is 2. The molecule has 1 aliphatic rings. The van der Waals surface area contributed by atoms with E-state index in [1.54, 1.807) is 36.3 Å². The molecule has 0 saturated carbocycles. The van der Waals surface area contributed by atoms with Crippen LogP contribution in [0.15, 0.2) is 95.1 Å². The van der Waals surface area contributed by atoms with Gasteiger partial charge in [-0.05, 0) is 85.1 Å². The fourth-order valence-corrected chi connectivity index (χ4v) is 6.05. The Morgan fingerprint density at radius 3 is 2.12 bits per heavy atom. The lowest BCUT2D eigenvalue weighted by molar-refractivity contribution is 0.0645. The minimum atomic E-state index is -3.93. The van der Waals surface area contributed by atoms with E-state index in [0.29, 0.717) is 48.4 Å². The number of nitrogens with zero attached hydrogens (tertiary/aromatic N) is 3. The van der Waals surface area contributed by atoms with Crippen LogP contribution in [0.5, 0.6) is 5.75 Å². The molecule has 2 aromatic carbocycles. The van der Waals surface area contributed by atoms with Crippen molar-refractivity contribution >= 4 is 27.3 Å².